The molecule has 1 N–H and O–H groups in total. The summed E-state index contributed by atoms with van der Waals surface area (Å²) in [5, 5.41) is 12.6. The fraction of sp³-hybridized carbons (Fsp3) is 0.300. The normalized spacial score (nSPS) is 13.1. The number of aliphatic hydroxyl groups excluding tert-OH is 1. The summed E-state index contributed by atoms with van der Waals surface area (Å²) in [5.41, 5.74) is 0.925. The lowest BCUT2D eigenvalue weighted by Crippen LogP contribution is -1.88. The highest BCUT2D eigenvalue weighted by atomic mass is 79.9. The molecule has 1 atom stereocenters. The number of rotatable bonds is 2. The highest BCUT2D eigenvalue weighted by Crippen LogP contribution is 2.36. The minimum atomic E-state index is -0.431. The van der Waals surface area contributed by atoms with Crippen LogP contribution in [0.15, 0.2) is 15.9 Å². The summed E-state index contributed by atoms with van der Waals surface area (Å²) in [6.45, 7) is 3.71. The molecule has 0 spiro atoms. The first-order chi connectivity index (χ1) is 7.08. The fourth-order valence-corrected chi connectivity index (χ4v) is 3.82. The molecule has 0 saturated carbocycles. The second kappa shape index (κ2) is 4.33. The van der Waals surface area contributed by atoms with E-state index in [0.717, 1.165) is 24.9 Å². The Morgan fingerprint density at radius 1 is 1.53 bits per heavy atom. The van der Waals surface area contributed by atoms with E-state index in [-0.39, 0.29) is 0 Å². The van der Waals surface area contributed by atoms with Crippen LogP contribution < -0.4 is 0 Å². The lowest BCUT2D eigenvalue weighted by molar-refractivity contribution is 0.202. The van der Waals surface area contributed by atoms with Gasteiger partial charge in [0.25, 0.3) is 0 Å². The molecule has 2 heterocycles. The van der Waals surface area contributed by atoms with Crippen molar-refractivity contribution < 1.29 is 5.11 Å². The Balaban J connectivity index is 2.42. The smallest absolute Gasteiger partial charge is 0.134 e. The predicted molar refractivity (Wildman–Crippen MR) is 68.5 cm³/mol. The second-order valence-electron chi connectivity index (χ2n) is 3.27. The zero-order valence-corrected chi connectivity index (χ0v) is 11.5. The molecule has 0 bridgehead atoms. The molecule has 2 aromatic heterocycles. The van der Waals surface area contributed by atoms with Crippen molar-refractivity contribution in [3.05, 3.63) is 26.5 Å². The third kappa shape index (κ3) is 2.30. The minimum Gasteiger partial charge on any atom is -0.388 e. The standard InChI is InChI=1S/C10H10BrNOS2/c1-5-9(6(2)13)15-10(12-5)8-3-7(11)4-14-8/h3-4,6,13H,1-2H3. The van der Waals surface area contributed by atoms with E-state index in [4.69, 9.17) is 0 Å². The van der Waals surface area contributed by atoms with Gasteiger partial charge in [-0.1, -0.05) is 0 Å². The van der Waals surface area contributed by atoms with E-state index >= 15 is 0 Å². The summed E-state index contributed by atoms with van der Waals surface area (Å²) in [5.74, 6) is 0. The maximum absolute atomic E-state index is 9.53. The van der Waals surface area contributed by atoms with Gasteiger partial charge in [-0.15, -0.1) is 22.7 Å². The Morgan fingerprint density at radius 2 is 2.27 bits per heavy atom. The van der Waals surface area contributed by atoms with Gasteiger partial charge in [0.05, 0.1) is 21.6 Å². The van der Waals surface area contributed by atoms with Crippen molar-refractivity contribution in [3.63, 3.8) is 0 Å². The van der Waals surface area contributed by atoms with E-state index in [0.29, 0.717) is 0 Å². The molecule has 0 saturated heterocycles. The first-order valence-corrected chi connectivity index (χ1v) is 6.96. The highest BCUT2D eigenvalue weighted by molar-refractivity contribution is 9.10. The van der Waals surface area contributed by atoms with Crippen LogP contribution in [0.25, 0.3) is 9.88 Å². The molecule has 2 aromatic rings. The van der Waals surface area contributed by atoms with Gasteiger partial charge < -0.3 is 5.11 Å². The molecular weight excluding hydrogens is 294 g/mol. The van der Waals surface area contributed by atoms with Gasteiger partial charge in [0.2, 0.25) is 0 Å². The van der Waals surface area contributed by atoms with Crippen molar-refractivity contribution in [1.29, 1.82) is 0 Å². The van der Waals surface area contributed by atoms with Gasteiger partial charge in [-0.05, 0) is 35.8 Å². The van der Waals surface area contributed by atoms with Gasteiger partial charge in [0, 0.05) is 9.85 Å². The summed E-state index contributed by atoms with van der Waals surface area (Å²) in [6, 6.07) is 2.05. The van der Waals surface area contributed by atoms with Crippen LogP contribution in [-0.4, -0.2) is 10.1 Å². The summed E-state index contributed by atoms with van der Waals surface area (Å²) < 4.78 is 1.08. The first-order valence-electron chi connectivity index (χ1n) is 4.47. The number of thiophene rings is 1. The van der Waals surface area contributed by atoms with E-state index in [1.54, 1.807) is 29.6 Å². The van der Waals surface area contributed by atoms with Crippen molar-refractivity contribution in [3.8, 4) is 9.88 Å². The summed E-state index contributed by atoms with van der Waals surface area (Å²) in [7, 11) is 0. The second-order valence-corrected chi connectivity index (χ2v) is 6.13. The SMILES string of the molecule is Cc1nc(-c2cc(Br)cs2)sc1C(C)O. The van der Waals surface area contributed by atoms with E-state index in [1.807, 2.05) is 12.3 Å². The monoisotopic (exact) mass is 303 g/mol. The number of nitrogens with zero attached hydrogens (tertiary/aromatic N) is 1. The highest BCUT2D eigenvalue weighted by Gasteiger charge is 2.14. The maximum atomic E-state index is 9.53. The molecule has 0 radical (unpaired) electrons. The Hall–Kier alpha value is -0.230. The molecule has 0 aliphatic heterocycles. The Labute approximate surface area is 105 Å². The number of hydrogen-bond acceptors (Lipinski definition) is 4. The molecule has 2 nitrogen and oxygen atoms in total. The molecule has 1 unspecified atom stereocenters. The van der Waals surface area contributed by atoms with Crippen LogP contribution in [0.1, 0.15) is 23.6 Å². The van der Waals surface area contributed by atoms with Gasteiger partial charge in [0.15, 0.2) is 0 Å². The molecule has 0 aliphatic rings. The van der Waals surface area contributed by atoms with Crippen LogP contribution in [0.4, 0.5) is 0 Å². The average molecular weight is 304 g/mol. The quantitative estimate of drug-likeness (QED) is 0.910. The average Bonchev–Trinajstić information content (AvgIpc) is 2.71. The topological polar surface area (TPSA) is 33.1 Å². The number of thiazole rings is 1. The van der Waals surface area contributed by atoms with Crippen LogP contribution in [0.3, 0.4) is 0 Å². The lowest BCUT2D eigenvalue weighted by Gasteiger charge is -1.98. The van der Waals surface area contributed by atoms with Gasteiger partial charge in [0.1, 0.15) is 5.01 Å². The molecule has 0 aliphatic carbocycles. The van der Waals surface area contributed by atoms with Gasteiger partial charge in [-0.2, -0.15) is 0 Å². The van der Waals surface area contributed by atoms with Crippen LogP contribution in [0, 0.1) is 6.92 Å². The number of aromatic nitrogens is 1. The number of halogens is 1. The lowest BCUT2D eigenvalue weighted by atomic mass is 10.3. The van der Waals surface area contributed by atoms with Gasteiger partial charge >= 0.3 is 0 Å². The zero-order valence-electron chi connectivity index (χ0n) is 8.32. The third-order valence-corrected chi connectivity index (χ3v) is 5.18. The molecule has 80 valence electrons. The first kappa shape index (κ1) is 11.3. The Kier molecular flexibility index (Phi) is 3.25. The van der Waals surface area contributed by atoms with Crippen molar-refractivity contribution in [2.45, 2.75) is 20.0 Å². The summed E-state index contributed by atoms with van der Waals surface area (Å²) in [6.07, 6.45) is -0.431. The molecule has 0 amide bonds. The summed E-state index contributed by atoms with van der Waals surface area (Å²) in [4.78, 5) is 6.56. The van der Waals surface area contributed by atoms with Gasteiger partial charge in [-0.25, -0.2) is 4.98 Å². The minimum absolute atomic E-state index is 0.431. The van der Waals surface area contributed by atoms with E-state index in [9.17, 15) is 5.11 Å². The van der Waals surface area contributed by atoms with Crippen LogP contribution >= 0.6 is 38.6 Å². The predicted octanol–water partition coefficient (Wildman–Crippen LogP) is 4.00. The van der Waals surface area contributed by atoms with E-state index in [1.165, 1.54) is 0 Å². The maximum Gasteiger partial charge on any atom is 0.134 e. The van der Waals surface area contributed by atoms with Crippen molar-refractivity contribution in [2.24, 2.45) is 0 Å². The van der Waals surface area contributed by atoms with Gasteiger partial charge in [-0.3, -0.25) is 0 Å². The number of aliphatic hydroxyl groups is 1. The van der Waals surface area contributed by atoms with Crippen molar-refractivity contribution >= 4 is 38.6 Å². The fourth-order valence-electron chi connectivity index (χ4n) is 1.33. The molecule has 15 heavy (non-hydrogen) atoms. The van der Waals surface area contributed by atoms with Crippen LogP contribution in [0.5, 0.6) is 0 Å². The number of aryl methyl sites for hydroxylation is 1. The Morgan fingerprint density at radius 3 is 2.73 bits per heavy atom. The van der Waals surface area contributed by atoms with Crippen LogP contribution in [-0.2, 0) is 0 Å². The molecule has 5 heteroatoms. The zero-order chi connectivity index (χ0) is 11.0. The third-order valence-electron chi connectivity index (χ3n) is 1.99. The number of hydrogen-bond donors (Lipinski definition) is 1. The van der Waals surface area contributed by atoms with E-state index < -0.39 is 6.10 Å². The molecule has 0 aromatic carbocycles. The molecular formula is C10H10BrNOS2. The largest absolute Gasteiger partial charge is 0.388 e. The van der Waals surface area contributed by atoms with E-state index in [2.05, 4.69) is 27.0 Å². The van der Waals surface area contributed by atoms with Crippen molar-refractivity contribution in [1.82, 2.24) is 4.98 Å². The van der Waals surface area contributed by atoms with Crippen LogP contribution in [0.2, 0.25) is 0 Å². The molecule has 2 rings (SSSR count). The summed E-state index contributed by atoms with van der Waals surface area (Å²) >= 11 is 6.64. The Bertz CT molecular complexity index is 475. The molecule has 0 fully saturated rings. The van der Waals surface area contributed by atoms with Crippen molar-refractivity contribution in [2.75, 3.05) is 0 Å².